The summed E-state index contributed by atoms with van der Waals surface area (Å²) in [7, 11) is 12.0. The summed E-state index contributed by atoms with van der Waals surface area (Å²) in [6, 6.07) is 3.23. The lowest BCUT2D eigenvalue weighted by Gasteiger charge is -2.39. The molecule has 1 aliphatic rings. The van der Waals surface area contributed by atoms with E-state index in [0.717, 1.165) is 5.56 Å². The summed E-state index contributed by atoms with van der Waals surface area (Å²) >= 11 is 5.18. The fourth-order valence-corrected chi connectivity index (χ4v) is 5.25. The number of hydrogen-bond donors (Lipinski definition) is 1. The van der Waals surface area contributed by atoms with Gasteiger partial charge >= 0.3 is 8.60 Å². The molecule has 3 rings (SSSR count). The summed E-state index contributed by atoms with van der Waals surface area (Å²) in [6.07, 6.45) is 1.12. The van der Waals surface area contributed by atoms with Crippen LogP contribution in [-0.2, 0) is 37.8 Å². The molecule has 2 unspecified atom stereocenters. The van der Waals surface area contributed by atoms with Crippen LogP contribution in [0.1, 0.15) is 64.7 Å². The molecule has 192 valence electrons. The first-order valence-corrected chi connectivity index (χ1v) is 13.1. The normalized spacial score (nSPS) is 17.4. The maximum Gasteiger partial charge on any atom is 0.396 e. The predicted octanol–water partition coefficient (Wildman–Crippen LogP) is 4.89. The van der Waals surface area contributed by atoms with Gasteiger partial charge in [0.25, 0.3) is 5.56 Å². The zero-order valence-corrected chi connectivity index (χ0v) is 23.5. The standard InChI is InChI=1S/C24H32B2FN2O5PS/c1-22(2,3)15-12-16(23(4,5)6)20-14(19(15)27)13-32-35(33-20)34-24(25,26)17(31-7)8-10-29-11-9-18(30)28-21(29)36/h9,11-12,17H,8,10,13H2,1-7H3,(H,28,30,36). The van der Waals surface area contributed by atoms with Gasteiger partial charge in [0.2, 0.25) is 0 Å². The lowest BCUT2D eigenvalue weighted by molar-refractivity contribution is 0.000927. The monoisotopic (exact) mass is 532 g/mol. The third-order valence-corrected chi connectivity index (χ3v) is 7.43. The Labute approximate surface area is 220 Å². The second-order valence-corrected chi connectivity index (χ2v) is 12.4. The van der Waals surface area contributed by atoms with Crippen molar-refractivity contribution < 1.29 is 22.7 Å². The number of nitrogens with zero attached hydrogens (tertiary/aromatic N) is 1. The molecule has 1 aliphatic heterocycles. The van der Waals surface area contributed by atoms with E-state index in [9.17, 15) is 4.79 Å². The number of halogens is 1. The van der Waals surface area contributed by atoms with Crippen molar-refractivity contribution in [3.63, 3.8) is 0 Å². The van der Waals surface area contributed by atoms with E-state index in [-0.39, 0.29) is 28.2 Å². The fourth-order valence-electron chi connectivity index (χ4n) is 3.89. The minimum Gasteiger partial charge on any atom is -0.426 e. The van der Waals surface area contributed by atoms with Gasteiger partial charge in [-0.05, 0) is 41.1 Å². The molecule has 36 heavy (non-hydrogen) atoms. The Morgan fingerprint density at radius 2 is 1.86 bits per heavy atom. The van der Waals surface area contributed by atoms with Crippen molar-refractivity contribution in [2.75, 3.05) is 7.11 Å². The van der Waals surface area contributed by atoms with E-state index in [1.54, 1.807) is 10.8 Å². The molecule has 1 N–H and O–H groups in total. The number of aryl methyl sites for hydroxylation is 1. The first-order chi connectivity index (χ1) is 16.5. The van der Waals surface area contributed by atoms with E-state index in [2.05, 4.69) is 4.98 Å². The number of methoxy groups -OCH3 is 1. The van der Waals surface area contributed by atoms with Crippen molar-refractivity contribution in [2.24, 2.45) is 0 Å². The molecule has 4 radical (unpaired) electrons. The van der Waals surface area contributed by atoms with Crippen molar-refractivity contribution in [3.8, 4) is 5.75 Å². The van der Waals surface area contributed by atoms with Gasteiger partial charge in [-0.2, -0.15) is 0 Å². The quantitative estimate of drug-likeness (QED) is 0.311. The van der Waals surface area contributed by atoms with Crippen LogP contribution >= 0.6 is 20.8 Å². The Kier molecular flexibility index (Phi) is 8.63. The van der Waals surface area contributed by atoms with E-state index in [4.69, 9.17) is 46.2 Å². The molecule has 0 saturated carbocycles. The number of benzene rings is 1. The van der Waals surface area contributed by atoms with Gasteiger partial charge in [0.15, 0.2) is 4.77 Å². The molecule has 2 aromatic rings. The highest BCUT2D eigenvalue weighted by Gasteiger charge is 2.39. The van der Waals surface area contributed by atoms with Gasteiger partial charge < -0.3 is 18.4 Å². The summed E-state index contributed by atoms with van der Waals surface area (Å²) in [5.74, 6) is 0.0500. The van der Waals surface area contributed by atoms with E-state index in [0.29, 0.717) is 29.8 Å². The average molecular weight is 532 g/mol. The first kappa shape index (κ1) is 29.1. The number of ether oxygens (including phenoxy) is 1. The van der Waals surface area contributed by atoms with Crippen LogP contribution in [0.25, 0.3) is 0 Å². The summed E-state index contributed by atoms with van der Waals surface area (Å²) in [6.45, 7) is 12.3. The van der Waals surface area contributed by atoms with Crippen molar-refractivity contribution >= 4 is 36.5 Å². The van der Waals surface area contributed by atoms with Crippen LogP contribution in [0.3, 0.4) is 0 Å². The van der Waals surface area contributed by atoms with E-state index < -0.39 is 25.5 Å². The highest BCUT2D eigenvalue weighted by atomic mass is 32.1. The largest absolute Gasteiger partial charge is 0.426 e. The molecule has 0 bridgehead atoms. The molecule has 0 amide bonds. The molecule has 0 saturated heterocycles. The Morgan fingerprint density at radius 1 is 1.22 bits per heavy atom. The summed E-state index contributed by atoms with van der Waals surface area (Å²) < 4.78 is 40.6. The van der Waals surface area contributed by atoms with Crippen LogP contribution in [0.5, 0.6) is 5.75 Å². The first-order valence-electron chi connectivity index (χ1n) is 11.6. The molecule has 1 aromatic heterocycles. The highest BCUT2D eigenvalue weighted by molar-refractivity contribution is 7.71. The van der Waals surface area contributed by atoms with Gasteiger partial charge in [0.1, 0.15) is 27.3 Å². The topological polar surface area (TPSA) is 74.7 Å². The number of fused-ring (bicyclic) bond motifs is 1. The second kappa shape index (κ2) is 10.7. The van der Waals surface area contributed by atoms with Crippen molar-refractivity contribution in [2.45, 2.75) is 83.4 Å². The lowest BCUT2D eigenvalue weighted by Crippen LogP contribution is -2.47. The minimum atomic E-state index is -2.05. The number of aromatic amines is 1. The molecular formula is C24H32B2FN2O5PS. The average Bonchev–Trinajstić information content (AvgIpc) is 2.73. The van der Waals surface area contributed by atoms with Crippen molar-refractivity contribution in [3.05, 3.63) is 56.0 Å². The molecule has 0 spiro atoms. The van der Waals surface area contributed by atoms with Gasteiger partial charge in [0, 0.05) is 36.9 Å². The molecule has 0 aliphatic carbocycles. The highest BCUT2D eigenvalue weighted by Crippen LogP contribution is 2.54. The van der Waals surface area contributed by atoms with Gasteiger partial charge in [-0.1, -0.05) is 41.5 Å². The minimum absolute atomic E-state index is 0.0415. The molecule has 2 atom stereocenters. The predicted molar refractivity (Wildman–Crippen MR) is 143 cm³/mol. The van der Waals surface area contributed by atoms with Gasteiger partial charge in [0.05, 0.1) is 18.3 Å². The molecule has 2 heterocycles. The van der Waals surface area contributed by atoms with Crippen LogP contribution in [0.2, 0.25) is 0 Å². The van der Waals surface area contributed by atoms with Crippen molar-refractivity contribution in [1.82, 2.24) is 9.55 Å². The molecular weight excluding hydrogens is 500 g/mol. The molecule has 0 fully saturated rings. The maximum atomic E-state index is 15.5. The Bertz CT molecular complexity index is 1220. The Balaban J connectivity index is 1.83. The number of hydrogen-bond acceptors (Lipinski definition) is 6. The van der Waals surface area contributed by atoms with Crippen LogP contribution in [0.15, 0.2) is 23.1 Å². The summed E-state index contributed by atoms with van der Waals surface area (Å²) in [5, 5.41) is -1.78. The Hall–Kier alpha value is -1.51. The van der Waals surface area contributed by atoms with Crippen LogP contribution in [0, 0.1) is 10.6 Å². The van der Waals surface area contributed by atoms with E-state index in [1.165, 1.54) is 13.2 Å². The van der Waals surface area contributed by atoms with Gasteiger partial charge in [-0.25, -0.2) is 4.39 Å². The summed E-state index contributed by atoms with van der Waals surface area (Å²) in [4.78, 5) is 14.0. The number of H-pyrrole nitrogens is 1. The zero-order chi connectivity index (χ0) is 27.1. The van der Waals surface area contributed by atoms with Crippen molar-refractivity contribution in [1.29, 1.82) is 0 Å². The maximum absolute atomic E-state index is 15.5. The summed E-state index contributed by atoms with van der Waals surface area (Å²) in [5.41, 5.74) is 0.775. The third-order valence-electron chi connectivity index (χ3n) is 5.95. The number of nitrogens with one attached hydrogen (secondary N) is 1. The van der Waals surface area contributed by atoms with Gasteiger partial charge in [-0.3, -0.25) is 14.3 Å². The van der Waals surface area contributed by atoms with Crippen LogP contribution in [0.4, 0.5) is 4.39 Å². The molecule has 7 nitrogen and oxygen atoms in total. The fraction of sp³-hybridized carbons (Fsp3) is 0.583. The molecule has 1 aromatic carbocycles. The number of aromatic nitrogens is 2. The van der Waals surface area contributed by atoms with E-state index >= 15 is 4.39 Å². The van der Waals surface area contributed by atoms with Gasteiger partial charge in [-0.15, -0.1) is 0 Å². The zero-order valence-electron chi connectivity index (χ0n) is 21.8. The third kappa shape index (κ3) is 6.48. The molecule has 12 heteroatoms. The lowest BCUT2D eigenvalue weighted by atomic mass is 9.61. The SMILES string of the molecule is [B]C([B])(OP1OCc2c(F)c(C(C)(C)C)cc(C(C)(C)C)c2O1)C(CCn1ccc(=O)[nH]c1=S)OC. The van der Waals surface area contributed by atoms with E-state index in [1.807, 2.05) is 47.6 Å². The van der Waals surface area contributed by atoms with Crippen LogP contribution in [-0.4, -0.2) is 43.9 Å². The smallest absolute Gasteiger partial charge is 0.396 e. The second-order valence-electron chi connectivity index (χ2n) is 10.9. The number of rotatable bonds is 7. The van der Waals surface area contributed by atoms with Crippen LogP contribution < -0.4 is 10.1 Å². The Morgan fingerprint density at radius 3 is 2.42 bits per heavy atom.